The second-order valence-corrected chi connectivity index (χ2v) is 11.5. The molecule has 0 atom stereocenters. The van der Waals surface area contributed by atoms with E-state index in [1.807, 2.05) is 93.6 Å². The first-order valence-corrected chi connectivity index (χ1v) is 17.5. The highest BCUT2D eigenvalue weighted by molar-refractivity contribution is 5.94. The molecule has 0 aliphatic carbocycles. The lowest BCUT2D eigenvalue weighted by molar-refractivity contribution is 0.920. The Balaban J connectivity index is 0.000000282. The van der Waals surface area contributed by atoms with Crippen LogP contribution in [0.3, 0.4) is 0 Å². The largest absolute Gasteiger partial charge is 0.405 e. The minimum absolute atomic E-state index is 0.121. The Morgan fingerprint density at radius 2 is 1.27 bits per heavy atom. The van der Waals surface area contributed by atoms with Crippen LogP contribution in [-0.2, 0) is 6.42 Å². The van der Waals surface area contributed by atoms with Crippen molar-refractivity contribution < 1.29 is 0 Å². The fourth-order valence-corrected chi connectivity index (χ4v) is 4.91. The van der Waals surface area contributed by atoms with Gasteiger partial charge in [0.2, 0.25) is 0 Å². The molecule has 0 fully saturated rings. The molecule has 0 amide bonds. The third-order valence-electron chi connectivity index (χ3n) is 7.75. The zero-order chi connectivity index (χ0) is 38.1. The molecule has 0 radical (unpaired) electrons. The number of nitrogens with two attached hydrogens (primary N) is 3. The number of nitrogen functional groups attached to an aromatic ring is 2. The van der Waals surface area contributed by atoms with E-state index in [9.17, 15) is 0 Å². The summed E-state index contributed by atoms with van der Waals surface area (Å²) >= 11 is 0. The number of amidine groups is 1. The van der Waals surface area contributed by atoms with Gasteiger partial charge < -0.3 is 22.5 Å². The summed E-state index contributed by atoms with van der Waals surface area (Å²) in [5.41, 5.74) is 28.6. The van der Waals surface area contributed by atoms with Crippen LogP contribution in [0, 0.1) is 12.3 Å². The summed E-state index contributed by atoms with van der Waals surface area (Å²) in [6.07, 6.45) is 9.94. The Kier molecular flexibility index (Phi) is 19.3. The highest BCUT2D eigenvalue weighted by Crippen LogP contribution is 2.27. The number of benzene rings is 5. The lowest BCUT2D eigenvalue weighted by Gasteiger charge is -2.14. The summed E-state index contributed by atoms with van der Waals surface area (Å²) in [5, 5.41) is 10.3. The van der Waals surface area contributed by atoms with Crippen molar-refractivity contribution in [1.82, 2.24) is 5.32 Å². The molecule has 5 heteroatoms. The minimum Gasteiger partial charge on any atom is -0.405 e. The van der Waals surface area contributed by atoms with E-state index in [0.717, 1.165) is 34.4 Å². The molecule has 8 N–H and O–H groups in total. The predicted octanol–water partition coefficient (Wildman–Crippen LogP) is 10.6. The molecule has 0 aliphatic rings. The average molecular weight is 690 g/mol. The van der Waals surface area contributed by atoms with Crippen LogP contribution in [0.4, 0.5) is 5.69 Å². The van der Waals surface area contributed by atoms with Crippen LogP contribution in [0.15, 0.2) is 188 Å². The van der Waals surface area contributed by atoms with E-state index in [-0.39, 0.29) is 5.84 Å². The number of para-hydroxylation sites is 1. The number of anilines is 1. The molecule has 5 aromatic carbocycles. The Bertz CT molecular complexity index is 1880. The Morgan fingerprint density at radius 3 is 1.79 bits per heavy atom. The third-order valence-corrected chi connectivity index (χ3v) is 7.75. The van der Waals surface area contributed by atoms with Gasteiger partial charge >= 0.3 is 0 Å². The minimum atomic E-state index is 0.121. The van der Waals surface area contributed by atoms with Crippen LogP contribution in [0.5, 0.6) is 0 Å². The van der Waals surface area contributed by atoms with E-state index in [2.05, 4.69) is 104 Å². The summed E-state index contributed by atoms with van der Waals surface area (Å²) in [5.74, 6) is 0.121. The molecule has 5 rings (SSSR count). The maximum atomic E-state index is 7.01. The normalized spacial score (nSPS) is 10.7. The smallest absolute Gasteiger partial charge is 0.122 e. The molecule has 0 saturated carbocycles. The molecule has 268 valence electrons. The molecule has 0 bridgehead atoms. The maximum Gasteiger partial charge on any atom is 0.122 e. The first-order chi connectivity index (χ1) is 25.2. The molecule has 0 spiro atoms. The van der Waals surface area contributed by atoms with Crippen molar-refractivity contribution in [3.63, 3.8) is 0 Å². The molecular weight excluding hydrogens is 635 g/mol. The van der Waals surface area contributed by atoms with Gasteiger partial charge in [-0.1, -0.05) is 178 Å². The quantitative estimate of drug-likeness (QED) is 0.0411. The fourth-order valence-electron chi connectivity index (χ4n) is 4.91. The molecule has 0 unspecified atom stereocenters. The van der Waals surface area contributed by atoms with Crippen molar-refractivity contribution in [3.05, 3.63) is 216 Å². The monoisotopic (exact) mass is 689 g/mol. The summed E-state index contributed by atoms with van der Waals surface area (Å²) in [4.78, 5) is 0. The second kappa shape index (κ2) is 23.9. The first kappa shape index (κ1) is 41.8. The Morgan fingerprint density at radius 1 is 0.750 bits per heavy atom. The van der Waals surface area contributed by atoms with Gasteiger partial charge in [0.25, 0.3) is 0 Å². The van der Waals surface area contributed by atoms with Gasteiger partial charge in [-0.2, -0.15) is 0 Å². The molecule has 5 nitrogen and oxygen atoms in total. The van der Waals surface area contributed by atoms with Crippen LogP contribution in [0.25, 0.3) is 16.7 Å². The topological polar surface area (TPSA) is 114 Å². The van der Waals surface area contributed by atoms with E-state index >= 15 is 0 Å². The van der Waals surface area contributed by atoms with Crippen LogP contribution in [0.2, 0.25) is 0 Å². The Hall–Kier alpha value is -6.33. The predicted molar refractivity (Wildman–Crippen MR) is 228 cm³/mol. The highest BCUT2D eigenvalue weighted by Gasteiger charge is 2.08. The molecular formula is C47H55N5. The van der Waals surface area contributed by atoms with Crippen molar-refractivity contribution in [2.45, 2.75) is 34.1 Å². The van der Waals surface area contributed by atoms with Gasteiger partial charge in [-0.3, -0.25) is 5.41 Å². The maximum absolute atomic E-state index is 7.01. The van der Waals surface area contributed by atoms with Gasteiger partial charge in [0, 0.05) is 29.1 Å². The molecule has 0 heterocycles. The van der Waals surface area contributed by atoms with Crippen molar-refractivity contribution in [1.29, 1.82) is 5.41 Å². The number of hydrogen-bond donors (Lipinski definition) is 5. The molecule has 5 aromatic rings. The van der Waals surface area contributed by atoms with Gasteiger partial charge in [-0.05, 0) is 72.0 Å². The summed E-state index contributed by atoms with van der Waals surface area (Å²) < 4.78 is 0. The summed E-state index contributed by atoms with van der Waals surface area (Å²) in [7, 11) is 0. The van der Waals surface area contributed by atoms with E-state index in [0.29, 0.717) is 12.2 Å². The third kappa shape index (κ3) is 14.7. The number of hydrogen-bond acceptors (Lipinski definition) is 4. The van der Waals surface area contributed by atoms with E-state index in [4.69, 9.17) is 22.6 Å². The van der Waals surface area contributed by atoms with Gasteiger partial charge in [0.05, 0.1) is 0 Å². The number of rotatable bonds is 11. The van der Waals surface area contributed by atoms with Crippen LogP contribution in [-0.4, -0.2) is 12.4 Å². The zero-order valence-electron chi connectivity index (χ0n) is 31.1. The van der Waals surface area contributed by atoms with Crippen molar-refractivity contribution >= 4 is 17.1 Å². The number of allylic oxidation sites excluding steroid dienone is 5. The fraction of sp³-hybridized carbons (Fsp3) is 0.128. The second-order valence-electron chi connectivity index (χ2n) is 11.5. The lowest BCUT2D eigenvalue weighted by atomic mass is 9.97. The number of nitrogens with one attached hydrogen (secondary N) is 2. The van der Waals surface area contributed by atoms with Gasteiger partial charge in [0.1, 0.15) is 5.84 Å². The van der Waals surface area contributed by atoms with Crippen LogP contribution in [0.1, 0.15) is 48.6 Å². The van der Waals surface area contributed by atoms with E-state index in [1.165, 1.54) is 34.0 Å². The molecule has 52 heavy (non-hydrogen) atoms. The van der Waals surface area contributed by atoms with Crippen molar-refractivity contribution in [3.8, 4) is 11.1 Å². The SMILES string of the molecule is C=C/C=C\CNC(=C)/C(C)=C(/C=C\N)c1ccccc1N.CC.Cc1ccc(-c2ccc(Cc3ccccc3)cc2)cc1.N=C(N)c1ccccc1. The average Bonchev–Trinajstić information content (AvgIpc) is 3.18. The number of aryl methyl sites for hydroxylation is 1. The zero-order valence-corrected chi connectivity index (χ0v) is 31.1. The van der Waals surface area contributed by atoms with Gasteiger partial charge in [-0.15, -0.1) is 0 Å². The van der Waals surface area contributed by atoms with Crippen LogP contribution >= 0.6 is 0 Å². The van der Waals surface area contributed by atoms with Crippen molar-refractivity contribution in [2.24, 2.45) is 11.5 Å². The standard InChI is InChI=1S/C20H18.C18H23N3.C7H8N2.C2H6/c1-16-7-11-19(12-8-16)20-13-9-18(10-14-20)15-17-5-3-2-4-6-17;1-4-5-8-13-21-15(3)14(2)16(11-12-19)17-9-6-7-10-18(17)20;8-7(9)6-4-2-1-3-5-6;1-2/h2-14H,15H2,1H3;4-12,21H,1,3,13,19-20H2,2H3;1-5H,(H3,8,9);1-2H3/b;8-5-,12-11-,16-14-;;. The van der Waals surface area contributed by atoms with Crippen molar-refractivity contribution in [2.75, 3.05) is 12.3 Å². The molecule has 0 aromatic heterocycles. The first-order valence-electron chi connectivity index (χ1n) is 17.5. The van der Waals surface area contributed by atoms with Gasteiger partial charge in [-0.25, -0.2) is 0 Å². The summed E-state index contributed by atoms with van der Waals surface area (Å²) in [6.45, 7) is 16.5. The van der Waals surface area contributed by atoms with Gasteiger partial charge in [0.15, 0.2) is 0 Å². The molecule has 0 aliphatic heterocycles. The summed E-state index contributed by atoms with van der Waals surface area (Å²) in [6, 6.07) is 45.1. The Labute approximate surface area is 312 Å². The highest BCUT2D eigenvalue weighted by atomic mass is 14.9. The van der Waals surface area contributed by atoms with E-state index < -0.39 is 0 Å². The molecule has 0 saturated heterocycles. The van der Waals surface area contributed by atoms with E-state index in [1.54, 1.807) is 6.08 Å². The lowest BCUT2D eigenvalue weighted by Crippen LogP contribution is -2.13. The van der Waals surface area contributed by atoms with Crippen LogP contribution < -0.4 is 22.5 Å².